The number of hydrogen-bond donors (Lipinski definition) is 1. The summed E-state index contributed by atoms with van der Waals surface area (Å²) >= 11 is 0. The molecule has 3 heterocycles. The van der Waals surface area contributed by atoms with Gasteiger partial charge in [0.2, 0.25) is 11.2 Å². The lowest BCUT2D eigenvalue weighted by Gasteiger charge is -2.26. The van der Waals surface area contributed by atoms with Crippen molar-refractivity contribution in [1.82, 2.24) is 20.2 Å². The molecule has 4 rings (SSSR count). The van der Waals surface area contributed by atoms with E-state index in [4.69, 9.17) is 4.74 Å². The molecule has 0 aliphatic carbocycles. The average molecular weight is 353 g/mol. The summed E-state index contributed by atoms with van der Waals surface area (Å²) in [6.45, 7) is 4.49. The standard InChI is InChI=1S/C18H19N5O3/c24-18(20-7-8-22-9-11-26-12-10-22)13-3-1-4-14-16(13)21-17-15(23(14)25)5-2-6-19-17/h1-6H,7-12H2,(H,20,24). The Kier molecular flexibility index (Phi) is 4.59. The molecule has 0 bridgehead atoms. The van der Waals surface area contributed by atoms with Crippen LogP contribution in [-0.2, 0) is 4.74 Å². The highest BCUT2D eigenvalue weighted by molar-refractivity contribution is 6.04. The molecule has 0 unspecified atom stereocenters. The number of nitrogens with zero attached hydrogens (tertiary/aromatic N) is 4. The summed E-state index contributed by atoms with van der Waals surface area (Å²) in [6.07, 6.45) is 1.58. The molecule has 0 saturated carbocycles. The van der Waals surface area contributed by atoms with Gasteiger partial charge in [0, 0.05) is 44.5 Å². The topological polar surface area (TPSA) is 94.3 Å². The van der Waals surface area contributed by atoms with E-state index in [1.165, 1.54) is 0 Å². The average Bonchev–Trinajstić information content (AvgIpc) is 2.68. The minimum absolute atomic E-state index is 0.244. The predicted octanol–water partition coefficient (Wildman–Crippen LogP) is 0.478. The zero-order valence-electron chi connectivity index (χ0n) is 14.2. The molecule has 1 aliphatic rings. The molecule has 0 radical (unpaired) electrons. The van der Waals surface area contributed by atoms with Crippen molar-refractivity contribution < 1.29 is 14.3 Å². The van der Waals surface area contributed by atoms with Crippen molar-refractivity contribution in [2.24, 2.45) is 0 Å². The van der Waals surface area contributed by atoms with E-state index in [0.717, 1.165) is 37.6 Å². The fourth-order valence-electron chi connectivity index (χ4n) is 3.11. The van der Waals surface area contributed by atoms with Gasteiger partial charge in [-0.25, -0.2) is 9.97 Å². The van der Waals surface area contributed by atoms with Gasteiger partial charge in [0.25, 0.3) is 11.4 Å². The lowest BCUT2D eigenvalue weighted by Crippen LogP contribution is -2.41. The molecular weight excluding hydrogens is 334 g/mol. The number of carbonyl (C=O) groups excluding carboxylic acids is 1. The first kappa shape index (κ1) is 16.6. The van der Waals surface area contributed by atoms with Gasteiger partial charge in [0.05, 0.1) is 18.8 Å². The van der Waals surface area contributed by atoms with Gasteiger partial charge in [0.1, 0.15) is 0 Å². The van der Waals surface area contributed by atoms with Crippen LogP contribution in [0.1, 0.15) is 10.4 Å². The molecule has 1 fully saturated rings. The van der Waals surface area contributed by atoms with Crippen LogP contribution in [0.5, 0.6) is 0 Å². The minimum Gasteiger partial charge on any atom is -0.618 e. The zero-order valence-corrected chi connectivity index (χ0v) is 14.2. The molecule has 0 spiro atoms. The van der Waals surface area contributed by atoms with E-state index in [0.29, 0.717) is 34.3 Å². The molecule has 1 amide bonds. The summed E-state index contributed by atoms with van der Waals surface area (Å²) < 4.78 is 6.09. The van der Waals surface area contributed by atoms with Gasteiger partial charge in [-0.1, -0.05) is 6.07 Å². The third-order valence-corrected chi connectivity index (χ3v) is 4.50. The molecule has 8 heteroatoms. The summed E-state index contributed by atoms with van der Waals surface area (Å²) in [7, 11) is 0. The van der Waals surface area contributed by atoms with Crippen LogP contribution in [-0.4, -0.2) is 60.2 Å². The van der Waals surface area contributed by atoms with Crippen molar-refractivity contribution in [2.45, 2.75) is 0 Å². The maximum atomic E-state index is 12.6. The second-order valence-corrected chi connectivity index (χ2v) is 6.14. The smallest absolute Gasteiger partial charge is 0.262 e. The number of benzene rings is 1. The van der Waals surface area contributed by atoms with E-state index in [9.17, 15) is 10.0 Å². The molecular formula is C18H19N5O3. The summed E-state index contributed by atoms with van der Waals surface area (Å²) in [5, 5.41) is 15.5. The van der Waals surface area contributed by atoms with Gasteiger partial charge in [-0.05, 0) is 12.1 Å². The summed E-state index contributed by atoms with van der Waals surface area (Å²) in [5.74, 6) is -0.244. The van der Waals surface area contributed by atoms with Crippen LogP contribution in [0.25, 0.3) is 22.2 Å². The molecule has 134 valence electrons. The molecule has 0 atom stereocenters. The Morgan fingerprint density at radius 1 is 1.23 bits per heavy atom. The predicted molar refractivity (Wildman–Crippen MR) is 95.6 cm³/mol. The maximum Gasteiger partial charge on any atom is 0.262 e. The van der Waals surface area contributed by atoms with E-state index in [-0.39, 0.29) is 5.91 Å². The van der Waals surface area contributed by atoms with Crippen molar-refractivity contribution in [3.63, 3.8) is 0 Å². The number of pyridine rings is 1. The van der Waals surface area contributed by atoms with Gasteiger partial charge in [-0.15, -0.1) is 0 Å². The maximum absolute atomic E-state index is 12.6. The number of aromatic nitrogens is 3. The second kappa shape index (κ2) is 7.19. The summed E-state index contributed by atoms with van der Waals surface area (Å²) in [4.78, 5) is 23.4. The van der Waals surface area contributed by atoms with Crippen LogP contribution >= 0.6 is 0 Å². The number of amides is 1. The van der Waals surface area contributed by atoms with Crippen LogP contribution in [0.3, 0.4) is 0 Å². The monoisotopic (exact) mass is 353 g/mol. The van der Waals surface area contributed by atoms with Gasteiger partial charge in [-0.2, -0.15) is 4.73 Å². The molecule has 1 aliphatic heterocycles. The van der Waals surface area contributed by atoms with Gasteiger partial charge in [-0.3, -0.25) is 9.69 Å². The number of morpholine rings is 1. The SMILES string of the molecule is O=C(NCCN1CCOCC1)c1cccc2c1nc1ncccc1[n+]2[O-]. The number of hydrogen-bond acceptors (Lipinski definition) is 6. The van der Waals surface area contributed by atoms with Crippen molar-refractivity contribution in [2.75, 3.05) is 39.4 Å². The number of rotatable bonds is 4. The Hall–Kier alpha value is -2.84. The Bertz CT molecular complexity index is 956. The first-order valence-corrected chi connectivity index (χ1v) is 8.59. The Morgan fingerprint density at radius 2 is 2.04 bits per heavy atom. The van der Waals surface area contributed by atoms with E-state index < -0.39 is 0 Å². The van der Waals surface area contributed by atoms with E-state index in [1.54, 1.807) is 36.5 Å². The molecule has 2 aromatic heterocycles. The fraction of sp³-hybridized carbons (Fsp3) is 0.333. The van der Waals surface area contributed by atoms with E-state index in [2.05, 4.69) is 20.2 Å². The number of ether oxygens (including phenoxy) is 1. The highest BCUT2D eigenvalue weighted by Crippen LogP contribution is 2.16. The molecule has 3 aromatic rings. The number of fused-ring (bicyclic) bond motifs is 2. The molecule has 1 saturated heterocycles. The third kappa shape index (κ3) is 3.16. The quantitative estimate of drug-likeness (QED) is 0.416. The largest absolute Gasteiger partial charge is 0.618 e. The van der Waals surface area contributed by atoms with Gasteiger partial charge < -0.3 is 15.3 Å². The third-order valence-electron chi connectivity index (χ3n) is 4.50. The highest BCUT2D eigenvalue weighted by Gasteiger charge is 2.19. The number of para-hydroxylation sites is 1. The second-order valence-electron chi connectivity index (χ2n) is 6.14. The van der Waals surface area contributed by atoms with Crippen molar-refractivity contribution in [1.29, 1.82) is 0 Å². The Labute approximate surface area is 150 Å². The summed E-state index contributed by atoms with van der Waals surface area (Å²) in [5.41, 5.74) is 1.79. The lowest BCUT2D eigenvalue weighted by atomic mass is 10.1. The molecule has 1 N–H and O–H groups in total. The first-order chi connectivity index (χ1) is 12.7. The van der Waals surface area contributed by atoms with Crippen LogP contribution in [0.2, 0.25) is 0 Å². The number of nitrogens with one attached hydrogen (secondary N) is 1. The van der Waals surface area contributed by atoms with Crippen LogP contribution in [0.15, 0.2) is 36.5 Å². The molecule has 26 heavy (non-hydrogen) atoms. The number of carbonyl (C=O) groups is 1. The highest BCUT2D eigenvalue weighted by atomic mass is 16.5. The van der Waals surface area contributed by atoms with Crippen molar-refractivity contribution in [3.8, 4) is 0 Å². The van der Waals surface area contributed by atoms with Crippen LogP contribution < -0.4 is 10.0 Å². The van der Waals surface area contributed by atoms with Crippen LogP contribution in [0.4, 0.5) is 0 Å². The van der Waals surface area contributed by atoms with Gasteiger partial charge in [0.15, 0.2) is 5.52 Å². The Balaban J connectivity index is 1.58. The fourth-order valence-corrected chi connectivity index (χ4v) is 3.11. The summed E-state index contributed by atoms with van der Waals surface area (Å²) in [6, 6.07) is 8.38. The lowest BCUT2D eigenvalue weighted by molar-refractivity contribution is -0.548. The van der Waals surface area contributed by atoms with Crippen molar-refractivity contribution in [3.05, 3.63) is 47.3 Å². The Morgan fingerprint density at radius 3 is 2.88 bits per heavy atom. The molecule has 8 nitrogen and oxygen atoms in total. The first-order valence-electron chi connectivity index (χ1n) is 8.59. The van der Waals surface area contributed by atoms with E-state index in [1.807, 2.05) is 0 Å². The van der Waals surface area contributed by atoms with Gasteiger partial charge >= 0.3 is 0 Å². The normalized spacial score (nSPS) is 15.4. The van der Waals surface area contributed by atoms with Crippen molar-refractivity contribution >= 4 is 28.1 Å². The van der Waals surface area contributed by atoms with Crippen LogP contribution in [0, 0.1) is 5.21 Å². The minimum atomic E-state index is -0.244. The zero-order chi connectivity index (χ0) is 17.9. The van der Waals surface area contributed by atoms with E-state index >= 15 is 0 Å². The molecule has 1 aromatic carbocycles.